The number of aliphatic hydroxyl groups excluding tert-OH is 1. The second kappa shape index (κ2) is 8.59. The van der Waals surface area contributed by atoms with Crippen molar-refractivity contribution in [1.29, 1.82) is 0 Å². The molecule has 0 heterocycles. The predicted molar refractivity (Wildman–Crippen MR) is 87.6 cm³/mol. The van der Waals surface area contributed by atoms with Crippen molar-refractivity contribution in [3.63, 3.8) is 0 Å². The number of ether oxygens (including phenoxy) is 1. The number of benzene rings is 1. The van der Waals surface area contributed by atoms with E-state index in [0.29, 0.717) is 0 Å². The Bertz CT molecular complexity index is 513. The molecule has 22 heavy (non-hydrogen) atoms. The minimum atomic E-state index is -0.115. The Labute approximate surface area is 132 Å². The first kappa shape index (κ1) is 16.6. The van der Waals surface area contributed by atoms with Gasteiger partial charge in [0.2, 0.25) is 5.91 Å². The molecule has 1 aliphatic rings. The smallest absolute Gasteiger partial charge is 0.244 e. The largest absolute Gasteiger partial charge is 0.496 e. The molecule has 2 rings (SSSR count). The van der Waals surface area contributed by atoms with Crippen LogP contribution in [0.1, 0.15) is 37.7 Å². The highest BCUT2D eigenvalue weighted by Gasteiger charge is 2.23. The molecule has 1 aromatic rings. The molecule has 0 bridgehead atoms. The molecular weight excluding hydrogens is 278 g/mol. The van der Waals surface area contributed by atoms with Crippen LogP contribution in [-0.2, 0) is 4.79 Å². The van der Waals surface area contributed by atoms with Crippen LogP contribution in [0.4, 0.5) is 0 Å². The van der Waals surface area contributed by atoms with Gasteiger partial charge in [-0.2, -0.15) is 0 Å². The highest BCUT2D eigenvalue weighted by Crippen LogP contribution is 2.23. The number of para-hydroxylation sites is 1. The maximum atomic E-state index is 12.1. The molecule has 2 unspecified atom stereocenters. The summed E-state index contributed by atoms with van der Waals surface area (Å²) < 4.78 is 5.26. The quantitative estimate of drug-likeness (QED) is 0.649. The van der Waals surface area contributed by atoms with Gasteiger partial charge in [0, 0.05) is 30.2 Å². The van der Waals surface area contributed by atoms with Gasteiger partial charge in [0.25, 0.3) is 0 Å². The van der Waals surface area contributed by atoms with Gasteiger partial charge in [-0.15, -0.1) is 0 Å². The van der Waals surface area contributed by atoms with Crippen molar-refractivity contribution in [2.75, 3.05) is 13.7 Å². The monoisotopic (exact) mass is 303 g/mol. The molecule has 2 N–H and O–H groups in total. The number of rotatable bonds is 5. The van der Waals surface area contributed by atoms with Gasteiger partial charge < -0.3 is 15.2 Å². The summed E-state index contributed by atoms with van der Waals surface area (Å²) in [4.78, 5) is 12.1. The molecule has 4 heteroatoms. The van der Waals surface area contributed by atoms with Crippen LogP contribution in [0.15, 0.2) is 30.3 Å². The molecule has 1 amide bonds. The number of methoxy groups -OCH3 is 1. The Hall–Kier alpha value is -1.81. The summed E-state index contributed by atoms with van der Waals surface area (Å²) in [6.07, 6.45) is 8.65. The maximum Gasteiger partial charge on any atom is 0.244 e. The first-order chi connectivity index (χ1) is 10.7. The molecule has 1 aliphatic carbocycles. The van der Waals surface area contributed by atoms with Crippen molar-refractivity contribution in [2.24, 2.45) is 5.92 Å². The standard InChI is InChI=1S/C18H25NO3/c1-22-17-10-6-5-7-14(17)11-12-18(21)19-16-9-4-2-3-8-15(16)13-20/h5-7,10-12,15-16,20H,2-4,8-9,13H2,1H3,(H,19,21)/b12-11+. The fourth-order valence-electron chi connectivity index (χ4n) is 2.99. The highest BCUT2D eigenvalue weighted by atomic mass is 16.5. The number of amides is 1. The predicted octanol–water partition coefficient (Wildman–Crippen LogP) is 2.77. The molecule has 0 aliphatic heterocycles. The van der Waals surface area contributed by atoms with Gasteiger partial charge in [0.1, 0.15) is 5.75 Å². The number of carbonyl (C=O) groups excluding carboxylic acids is 1. The minimum absolute atomic E-state index is 0.0716. The summed E-state index contributed by atoms with van der Waals surface area (Å²) in [6, 6.07) is 7.65. The Morgan fingerprint density at radius 2 is 2.09 bits per heavy atom. The average molecular weight is 303 g/mol. The Kier molecular flexibility index (Phi) is 6.46. The van der Waals surface area contributed by atoms with E-state index in [1.165, 1.54) is 12.5 Å². The van der Waals surface area contributed by atoms with Crippen molar-refractivity contribution in [1.82, 2.24) is 5.32 Å². The number of nitrogens with one attached hydrogen (secondary N) is 1. The van der Waals surface area contributed by atoms with Crippen molar-refractivity contribution in [3.05, 3.63) is 35.9 Å². The maximum absolute atomic E-state index is 12.1. The molecular formula is C18H25NO3. The fourth-order valence-corrected chi connectivity index (χ4v) is 2.99. The topological polar surface area (TPSA) is 58.6 Å². The van der Waals surface area contributed by atoms with E-state index in [-0.39, 0.29) is 24.5 Å². The summed E-state index contributed by atoms with van der Waals surface area (Å²) in [7, 11) is 1.62. The van der Waals surface area contributed by atoms with E-state index in [4.69, 9.17) is 4.74 Å². The number of hydrogen-bond acceptors (Lipinski definition) is 3. The number of carbonyl (C=O) groups is 1. The van der Waals surface area contributed by atoms with E-state index >= 15 is 0 Å². The number of hydrogen-bond donors (Lipinski definition) is 2. The molecule has 1 fully saturated rings. The third-order valence-corrected chi connectivity index (χ3v) is 4.27. The first-order valence-electron chi connectivity index (χ1n) is 7.97. The van der Waals surface area contributed by atoms with Gasteiger partial charge in [-0.25, -0.2) is 0 Å². The Morgan fingerprint density at radius 1 is 1.32 bits per heavy atom. The van der Waals surface area contributed by atoms with Gasteiger partial charge in [0.15, 0.2) is 0 Å². The Balaban J connectivity index is 1.97. The van der Waals surface area contributed by atoms with Crippen LogP contribution in [0, 0.1) is 5.92 Å². The second-order valence-corrected chi connectivity index (χ2v) is 5.77. The van der Waals surface area contributed by atoms with E-state index in [1.54, 1.807) is 13.2 Å². The zero-order chi connectivity index (χ0) is 15.8. The van der Waals surface area contributed by atoms with Gasteiger partial charge in [-0.05, 0) is 25.0 Å². The van der Waals surface area contributed by atoms with Gasteiger partial charge >= 0.3 is 0 Å². The summed E-state index contributed by atoms with van der Waals surface area (Å²) in [5, 5.41) is 12.5. The van der Waals surface area contributed by atoms with E-state index < -0.39 is 0 Å². The van der Waals surface area contributed by atoms with Gasteiger partial charge in [0.05, 0.1) is 7.11 Å². The molecule has 120 valence electrons. The zero-order valence-electron chi connectivity index (χ0n) is 13.1. The molecule has 0 saturated heterocycles. The molecule has 4 nitrogen and oxygen atoms in total. The van der Waals surface area contributed by atoms with E-state index in [0.717, 1.165) is 37.0 Å². The summed E-state index contributed by atoms with van der Waals surface area (Å²) >= 11 is 0. The lowest BCUT2D eigenvalue weighted by Crippen LogP contribution is -2.40. The summed E-state index contributed by atoms with van der Waals surface area (Å²) in [5.41, 5.74) is 0.875. The van der Waals surface area contributed by atoms with E-state index in [9.17, 15) is 9.90 Å². The third kappa shape index (κ3) is 4.60. The van der Waals surface area contributed by atoms with Crippen LogP contribution in [0.2, 0.25) is 0 Å². The molecule has 0 radical (unpaired) electrons. The van der Waals surface area contributed by atoms with Crippen molar-refractivity contribution >= 4 is 12.0 Å². The van der Waals surface area contributed by atoms with E-state index in [2.05, 4.69) is 5.32 Å². The molecule has 0 spiro atoms. The van der Waals surface area contributed by atoms with Crippen LogP contribution in [0.5, 0.6) is 5.75 Å². The lowest BCUT2D eigenvalue weighted by molar-refractivity contribution is -0.117. The molecule has 1 aromatic carbocycles. The highest BCUT2D eigenvalue weighted by molar-refractivity contribution is 5.92. The van der Waals surface area contributed by atoms with Crippen molar-refractivity contribution in [3.8, 4) is 5.75 Å². The average Bonchev–Trinajstić information content (AvgIpc) is 2.78. The van der Waals surface area contributed by atoms with Gasteiger partial charge in [-0.1, -0.05) is 37.5 Å². The normalized spacial score (nSPS) is 22.3. The summed E-state index contributed by atoms with van der Waals surface area (Å²) in [5.74, 6) is 0.802. The van der Waals surface area contributed by atoms with Crippen molar-refractivity contribution < 1.29 is 14.6 Å². The third-order valence-electron chi connectivity index (χ3n) is 4.27. The first-order valence-corrected chi connectivity index (χ1v) is 7.97. The Morgan fingerprint density at radius 3 is 2.86 bits per heavy atom. The molecule has 0 aromatic heterocycles. The van der Waals surface area contributed by atoms with E-state index in [1.807, 2.05) is 24.3 Å². The second-order valence-electron chi connectivity index (χ2n) is 5.77. The van der Waals surface area contributed by atoms with Gasteiger partial charge in [-0.3, -0.25) is 4.79 Å². The molecule has 1 saturated carbocycles. The fraction of sp³-hybridized carbons (Fsp3) is 0.500. The van der Waals surface area contributed by atoms with Crippen LogP contribution in [0.3, 0.4) is 0 Å². The SMILES string of the molecule is COc1ccccc1/C=C/C(=O)NC1CCCCCC1CO. The van der Waals surface area contributed by atoms with Crippen LogP contribution in [-0.4, -0.2) is 30.8 Å². The van der Waals surface area contributed by atoms with Crippen LogP contribution in [0.25, 0.3) is 6.08 Å². The number of aliphatic hydroxyl groups is 1. The van der Waals surface area contributed by atoms with Crippen LogP contribution >= 0.6 is 0 Å². The lowest BCUT2D eigenvalue weighted by atomic mass is 9.95. The summed E-state index contributed by atoms with van der Waals surface area (Å²) in [6.45, 7) is 0.140. The van der Waals surface area contributed by atoms with Crippen LogP contribution < -0.4 is 10.1 Å². The van der Waals surface area contributed by atoms with Crippen molar-refractivity contribution in [2.45, 2.75) is 38.1 Å². The molecule has 2 atom stereocenters. The zero-order valence-corrected chi connectivity index (χ0v) is 13.1. The minimum Gasteiger partial charge on any atom is -0.496 e. The lowest BCUT2D eigenvalue weighted by Gasteiger charge is -2.23.